The molecule has 2 aliphatic heterocycles. The summed E-state index contributed by atoms with van der Waals surface area (Å²) >= 11 is 0. The molecule has 0 saturated carbocycles. The Labute approximate surface area is 98.7 Å². The average Bonchev–Trinajstić information content (AvgIpc) is 3.05. The fraction of sp³-hybridized carbons (Fsp3) is 0.800. The Morgan fingerprint density at radius 2 is 2.41 bits per heavy atom. The van der Waals surface area contributed by atoms with E-state index in [2.05, 4.69) is 31.3 Å². The second-order valence-corrected chi connectivity index (χ2v) is 4.89. The number of carbonyl (C=O) groups excluding carboxylic acids is 1. The van der Waals surface area contributed by atoms with Crippen LogP contribution < -0.4 is 10.6 Å². The van der Waals surface area contributed by atoms with E-state index in [9.17, 15) is 4.79 Å². The number of fused-ring (bicyclic) bond motifs is 2. The van der Waals surface area contributed by atoms with Crippen LogP contribution in [0.2, 0.25) is 0 Å². The molecule has 1 aromatic rings. The highest BCUT2D eigenvalue weighted by molar-refractivity contribution is 5.80. The van der Waals surface area contributed by atoms with Crippen molar-refractivity contribution in [3.63, 3.8) is 0 Å². The van der Waals surface area contributed by atoms with Crippen molar-refractivity contribution >= 4 is 5.91 Å². The van der Waals surface area contributed by atoms with E-state index >= 15 is 0 Å². The van der Waals surface area contributed by atoms with Crippen LogP contribution in [0.15, 0.2) is 0 Å². The number of amides is 1. The second kappa shape index (κ2) is 4.06. The van der Waals surface area contributed by atoms with Gasteiger partial charge in [-0.1, -0.05) is 5.21 Å². The zero-order valence-corrected chi connectivity index (χ0v) is 9.68. The van der Waals surface area contributed by atoms with Gasteiger partial charge in [-0.2, -0.15) is 5.21 Å². The van der Waals surface area contributed by atoms with Crippen LogP contribution >= 0.6 is 0 Å². The molecule has 92 valence electrons. The zero-order chi connectivity index (χ0) is 11.8. The average molecular weight is 236 g/mol. The van der Waals surface area contributed by atoms with Crippen molar-refractivity contribution in [2.24, 2.45) is 5.92 Å². The number of carbonyl (C=O) groups is 1. The number of rotatable bonds is 3. The first kappa shape index (κ1) is 10.6. The maximum Gasteiger partial charge on any atom is 0.225 e. The third-order valence-electron chi connectivity index (χ3n) is 3.74. The predicted octanol–water partition coefficient (Wildman–Crippen LogP) is -0.483. The largest absolute Gasteiger partial charge is 0.346 e. The number of aromatic nitrogens is 4. The van der Waals surface area contributed by atoms with Crippen molar-refractivity contribution in [3.8, 4) is 0 Å². The van der Waals surface area contributed by atoms with Gasteiger partial charge in [0.1, 0.15) is 0 Å². The molecule has 2 saturated heterocycles. The van der Waals surface area contributed by atoms with Gasteiger partial charge in [-0.15, -0.1) is 10.2 Å². The first-order chi connectivity index (χ1) is 8.24. The summed E-state index contributed by atoms with van der Waals surface area (Å²) in [6, 6.07) is 0.703. The Balaban J connectivity index is 1.60. The lowest BCUT2D eigenvalue weighted by Crippen LogP contribution is -2.38. The number of hydrogen-bond acceptors (Lipinski definition) is 5. The van der Waals surface area contributed by atoms with Gasteiger partial charge < -0.3 is 10.6 Å². The lowest BCUT2D eigenvalue weighted by molar-refractivity contribution is -0.126. The Bertz CT molecular complexity index is 405. The Kier molecular flexibility index (Phi) is 2.54. The van der Waals surface area contributed by atoms with Crippen molar-refractivity contribution in [2.75, 3.05) is 0 Å². The third kappa shape index (κ3) is 1.90. The van der Waals surface area contributed by atoms with Gasteiger partial charge in [-0.25, -0.2) is 0 Å². The first-order valence-electron chi connectivity index (χ1n) is 6.04. The van der Waals surface area contributed by atoms with Crippen molar-refractivity contribution in [1.82, 2.24) is 31.3 Å². The summed E-state index contributed by atoms with van der Waals surface area (Å²) in [6.07, 6.45) is 3.27. The van der Waals surface area contributed by atoms with Gasteiger partial charge in [0.25, 0.3) is 0 Å². The van der Waals surface area contributed by atoms with Crippen LogP contribution in [-0.4, -0.2) is 38.6 Å². The lowest BCUT2D eigenvalue weighted by Gasteiger charge is -2.21. The maximum absolute atomic E-state index is 12.1. The Hall–Kier alpha value is -1.50. The molecule has 0 aromatic carbocycles. The van der Waals surface area contributed by atoms with E-state index in [-0.39, 0.29) is 17.9 Å². The second-order valence-electron chi connectivity index (χ2n) is 4.89. The molecule has 7 heteroatoms. The smallest absolute Gasteiger partial charge is 0.225 e. The van der Waals surface area contributed by atoms with Gasteiger partial charge in [0.2, 0.25) is 5.91 Å². The maximum atomic E-state index is 12.1. The topological polar surface area (TPSA) is 95.6 Å². The molecule has 1 aromatic heterocycles. The summed E-state index contributed by atoms with van der Waals surface area (Å²) in [6.45, 7) is 1.86. The number of nitrogens with zero attached hydrogens (tertiary/aromatic N) is 3. The molecule has 0 aliphatic carbocycles. The van der Waals surface area contributed by atoms with Crippen LogP contribution in [0, 0.1) is 5.92 Å². The molecule has 4 atom stereocenters. The van der Waals surface area contributed by atoms with Crippen LogP contribution in [0.5, 0.6) is 0 Å². The predicted molar refractivity (Wildman–Crippen MR) is 58.8 cm³/mol. The fourth-order valence-corrected chi connectivity index (χ4v) is 2.85. The molecular weight excluding hydrogens is 220 g/mol. The molecule has 0 spiro atoms. The molecule has 0 radical (unpaired) electrons. The first-order valence-corrected chi connectivity index (χ1v) is 6.04. The summed E-state index contributed by atoms with van der Waals surface area (Å²) < 4.78 is 0. The van der Waals surface area contributed by atoms with E-state index in [0.29, 0.717) is 17.9 Å². The standard InChI is InChI=1S/C10H16N6O/c1-5(9-13-15-16-14-9)11-10(17)7-4-6-2-3-8(7)12-6/h5-8,12H,2-4H2,1H3,(H,11,17)(H,13,14,15,16). The number of nitrogens with one attached hydrogen (secondary N) is 3. The minimum Gasteiger partial charge on any atom is -0.346 e. The molecule has 3 rings (SSSR count). The normalized spacial score (nSPS) is 32.6. The molecule has 17 heavy (non-hydrogen) atoms. The van der Waals surface area contributed by atoms with Gasteiger partial charge in [0.15, 0.2) is 5.82 Å². The van der Waals surface area contributed by atoms with Gasteiger partial charge in [-0.3, -0.25) is 4.79 Å². The fourth-order valence-electron chi connectivity index (χ4n) is 2.85. The number of tetrazole rings is 1. The lowest BCUT2D eigenvalue weighted by atomic mass is 9.88. The summed E-state index contributed by atoms with van der Waals surface area (Å²) in [4.78, 5) is 12.1. The number of hydrogen-bond donors (Lipinski definition) is 3. The van der Waals surface area contributed by atoms with E-state index < -0.39 is 0 Å². The number of H-pyrrole nitrogens is 1. The summed E-state index contributed by atoms with van der Waals surface area (Å²) in [7, 11) is 0. The highest BCUT2D eigenvalue weighted by atomic mass is 16.2. The van der Waals surface area contributed by atoms with Crippen LogP contribution in [0.4, 0.5) is 0 Å². The minimum atomic E-state index is -0.194. The highest BCUT2D eigenvalue weighted by Gasteiger charge is 2.43. The number of aromatic amines is 1. The Morgan fingerprint density at radius 3 is 3.00 bits per heavy atom. The molecule has 3 heterocycles. The van der Waals surface area contributed by atoms with E-state index in [1.165, 1.54) is 6.42 Å². The van der Waals surface area contributed by atoms with E-state index in [4.69, 9.17) is 0 Å². The molecule has 3 N–H and O–H groups in total. The Morgan fingerprint density at radius 1 is 1.53 bits per heavy atom. The van der Waals surface area contributed by atoms with Crippen molar-refractivity contribution < 1.29 is 4.79 Å². The minimum absolute atomic E-state index is 0.0991. The molecule has 4 unspecified atom stereocenters. The van der Waals surface area contributed by atoms with Crippen LogP contribution in [0.3, 0.4) is 0 Å². The van der Waals surface area contributed by atoms with Crippen molar-refractivity contribution in [1.29, 1.82) is 0 Å². The molecule has 7 nitrogen and oxygen atoms in total. The summed E-state index contributed by atoms with van der Waals surface area (Å²) in [5.41, 5.74) is 0. The van der Waals surface area contributed by atoms with Crippen molar-refractivity contribution in [3.05, 3.63) is 5.82 Å². The molecule has 2 bridgehead atoms. The van der Waals surface area contributed by atoms with E-state index in [1.807, 2.05) is 6.92 Å². The van der Waals surface area contributed by atoms with Gasteiger partial charge in [0.05, 0.1) is 12.0 Å². The molecular formula is C10H16N6O. The quantitative estimate of drug-likeness (QED) is 0.658. The van der Waals surface area contributed by atoms with Crippen LogP contribution in [0.1, 0.15) is 38.1 Å². The highest BCUT2D eigenvalue weighted by Crippen LogP contribution is 2.33. The SMILES string of the molecule is CC(NC(=O)C1CC2CCC1N2)c1nn[nH]n1. The zero-order valence-electron chi connectivity index (χ0n) is 9.68. The molecule has 2 aliphatic rings. The van der Waals surface area contributed by atoms with Crippen LogP contribution in [0.25, 0.3) is 0 Å². The molecule has 2 fully saturated rings. The van der Waals surface area contributed by atoms with Crippen LogP contribution in [-0.2, 0) is 4.79 Å². The van der Waals surface area contributed by atoms with E-state index in [1.54, 1.807) is 0 Å². The third-order valence-corrected chi connectivity index (χ3v) is 3.74. The van der Waals surface area contributed by atoms with E-state index in [0.717, 1.165) is 12.8 Å². The van der Waals surface area contributed by atoms with Crippen molar-refractivity contribution in [2.45, 2.75) is 44.3 Å². The summed E-state index contributed by atoms with van der Waals surface area (Å²) in [5.74, 6) is 0.722. The summed E-state index contributed by atoms with van der Waals surface area (Å²) in [5, 5.41) is 20.0. The van der Waals surface area contributed by atoms with Gasteiger partial charge in [0, 0.05) is 12.1 Å². The van der Waals surface area contributed by atoms with Gasteiger partial charge >= 0.3 is 0 Å². The van der Waals surface area contributed by atoms with Gasteiger partial charge in [-0.05, 0) is 26.2 Å². The monoisotopic (exact) mass is 236 g/mol. The molecule has 1 amide bonds.